The lowest BCUT2D eigenvalue weighted by Gasteiger charge is -2.18. The topological polar surface area (TPSA) is 118 Å². The van der Waals surface area contributed by atoms with Gasteiger partial charge in [-0.2, -0.15) is 23.3 Å². The Morgan fingerprint density at radius 3 is 2.49 bits per heavy atom. The van der Waals surface area contributed by atoms with Gasteiger partial charge >= 0.3 is 6.18 Å². The van der Waals surface area contributed by atoms with E-state index in [1.807, 2.05) is 24.3 Å². The number of nitrogens with two attached hydrogens (primary N) is 1. The summed E-state index contributed by atoms with van der Waals surface area (Å²) < 4.78 is 57.2. The number of aromatic nitrogens is 5. The van der Waals surface area contributed by atoms with Gasteiger partial charge in [-0.1, -0.05) is 42.5 Å². The first-order chi connectivity index (χ1) is 20.7. The Bertz CT molecular complexity index is 1790. The number of amides is 1. The molecule has 1 amide bonds. The van der Waals surface area contributed by atoms with E-state index in [0.717, 1.165) is 48.3 Å². The molecule has 220 valence electrons. The number of aromatic amines is 1. The van der Waals surface area contributed by atoms with Crippen molar-refractivity contribution >= 4 is 17.5 Å². The second-order valence-corrected chi connectivity index (χ2v) is 10.2. The molecule has 3 heterocycles. The van der Waals surface area contributed by atoms with Crippen LogP contribution >= 0.6 is 0 Å². The minimum Gasteiger partial charge on any atom is -0.366 e. The van der Waals surface area contributed by atoms with Crippen LogP contribution in [0.1, 0.15) is 34.6 Å². The molecule has 5 aromatic rings. The zero-order valence-electron chi connectivity index (χ0n) is 22.7. The summed E-state index contributed by atoms with van der Waals surface area (Å²) in [6.07, 6.45) is -2.53. The second-order valence-electron chi connectivity index (χ2n) is 10.2. The molecule has 2 aromatic heterocycles. The van der Waals surface area contributed by atoms with Crippen molar-refractivity contribution in [3.8, 4) is 28.2 Å². The molecule has 1 aliphatic rings. The number of nitrogens with zero attached hydrogens (tertiary/aromatic N) is 5. The molecule has 4 N–H and O–H groups in total. The highest BCUT2D eigenvalue weighted by atomic mass is 19.4. The summed E-state index contributed by atoms with van der Waals surface area (Å²) in [7, 11) is 0. The third-order valence-electron chi connectivity index (χ3n) is 7.24. The first kappa shape index (κ1) is 28.1. The number of alkyl halides is 3. The lowest BCUT2D eigenvalue weighted by atomic mass is 9.99. The van der Waals surface area contributed by atoms with E-state index in [2.05, 4.69) is 30.5 Å². The number of nitrogens with one attached hydrogen (secondary N) is 2. The summed E-state index contributed by atoms with van der Waals surface area (Å²) in [6, 6.07) is 18.9. The molecule has 9 nitrogen and oxygen atoms in total. The molecule has 0 saturated carbocycles. The van der Waals surface area contributed by atoms with Crippen LogP contribution in [0.5, 0.6) is 0 Å². The fourth-order valence-corrected chi connectivity index (χ4v) is 5.16. The molecule has 0 atom stereocenters. The van der Waals surface area contributed by atoms with E-state index in [4.69, 9.17) is 5.73 Å². The molecule has 0 bridgehead atoms. The molecule has 0 radical (unpaired) electrons. The van der Waals surface area contributed by atoms with Gasteiger partial charge in [0.1, 0.15) is 11.5 Å². The van der Waals surface area contributed by atoms with Gasteiger partial charge in [-0.25, -0.2) is 9.07 Å². The van der Waals surface area contributed by atoms with Crippen molar-refractivity contribution in [2.24, 2.45) is 0 Å². The van der Waals surface area contributed by atoms with E-state index < -0.39 is 29.3 Å². The van der Waals surface area contributed by atoms with Crippen molar-refractivity contribution in [1.29, 1.82) is 0 Å². The highest BCUT2D eigenvalue weighted by Gasteiger charge is 2.36. The number of hydrogen-bond acceptors (Lipinski definition) is 6. The number of anilines is 2. The molecule has 0 aliphatic carbocycles. The van der Waals surface area contributed by atoms with Crippen LogP contribution in [-0.2, 0) is 12.7 Å². The Morgan fingerprint density at radius 1 is 0.977 bits per heavy atom. The van der Waals surface area contributed by atoms with Crippen molar-refractivity contribution in [1.82, 2.24) is 29.9 Å². The summed E-state index contributed by atoms with van der Waals surface area (Å²) in [5, 5.41) is 12.4. The maximum atomic E-state index is 15.4. The van der Waals surface area contributed by atoms with E-state index in [-0.39, 0.29) is 23.1 Å². The van der Waals surface area contributed by atoms with Crippen LogP contribution in [0, 0.1) is 5.82 Å². The van der Waals surface area contributed by atoms with Gasteiger partial charge in [0.05, 0.1) is 11.4 Å². The van der Waals surface area contributed by atoms with E-state index in [1.54, 1.807) is 18.2 Å². The molecular weight excluding hydrogens is 564 g/mol. The zero-order chi connectivity index (χ0) is 30.1. The maximum absolute atomic E-state index is 15.4. The first-order valence-electron chi connectivity index (χ1n) is 13.5. The largest absolute Gasteiger partial charge is 0.435 e. The van der Waals surface area contributed by atoms with E-state index in [9.17, 15) is 18.0 Å². The van der Waals surface area contributed by atoms with Gasteiger partial charge in [0.15, 0.2) is 11.5 Å². The van der Waals surface area contributed by atoms with E-state index in [0.29, 0.717) is 17.2 Å². The van der Waals surface area contributed by atoms with Gasteiger partial charge in [0, 0.05) is 18.2 Å². The number of H-pyrrole nitrogens is 1. The van der Waals surface area contributed by atoms with Crippen molar-refractivity contribution < 1.29 is 22.4 Å². The lowest BCUT2D eigenvalue weighted by molar-refractivity contribution is -0.141. The third-order valence-corrected chi connectivity index (χ3v) is 7.24. The Labute approximate surface area is 243 Å². The van der Waals surface area contributed by atoms with Gasteiger partial charge in [-0.15, -0.1) is 5.10 Å². The van der Waals surface area contributed by atoms with Gasteiger partial charge in [-0.3, -0.25) is 14.8 Å². The third kappa shape index (κ3) is 5.97. The van der Waals surface area contributed by atoms with Gasteiger partial charge in [-0.05, 0) is 66.9 Å². The van der Waals surface area contributed by atoms with E-state index in [1.165, 1.54) is 24.3 Å². The number of hydrogen-bond donors (Lipinski definition) is 3. The summed E-state index contributed by atoms with van der Waals surface area (Å²) >= 11 is 0. The Morgan fingerprint density at radius 2 is 1.77 bits per heavy atom. The first-order valence-corrected chi connectivity index (χ1v) is 13.5. The Balaban J connectivity index is 1.29. The van der Waals surface area contributed by atoms with E-state index >= 15 is 4.39 Å². The fraction of sp³-hybridized carbons (Fsp3) is 0.200. The van der Waals surface area contributed by atoms with Crippen LogP contribution in [0.3, 0.4) is 0 Å². The van der Waals surface area contributed by atoms with Crippen molar-refractivity contribution in [2.45, 2.75) is 25.6 Å². The lowest BCUT2D eigenvalue weighted by Crippen LogP contribution is -2.19. The Hall–Kier alpha value is -5.04. The molecule has 0 unspecified atom stereocenters. The normalized spacial score (nSPS) is 13.9. The average Bonchev–Trinajstić information content (AvgIpc) is 3.76. The standard InChI is InChI=1S/C30H26F4N8O/c31-23-15-18(22-9-2-1-6-20(22)17-41-12-3-4-13-41)10-11-24(23)36-28(43)25-16-26(30(32,33)34)40-42(25)21-8-5-7-19(14-21)27-37-29(35)39-38-27/h1-2,5-11,14-16H,3-4,12-13,17H2,(H,36,43)(H3,35,37,38,39). The quantitative estimate of drug-likeness (QED) is 0.203. The Kier molecular flexibility index (Phi) is 7.40. The molecule has 1 saturated heterocycles. The molecule has 1 aliphatic heterocycles. The maximum Gasteiger partial charge on any atom is 0.435 e. The second kappa shape index (κ2) is 11.3. The van der Waals surface area contributed by atoms with Crippen LogP contribution < -0.4 is 11.1 Å². The fourth-order valence-electron chi connectivity index (χ4n) is 5.16. The van der Waals surface area contributed by atoms with Crippen molar-refractivity contribution in [2.75, 3.05) is 24.1 Å². The number of rotatable bonds is 7. The molecule has 0 spiro atoms. The summed E-state index contributed by atoms with van der Waals surface area (Å²) in [6.45, 7) is 2.77. The highest BCUT2D eigenvalue weighted by Crippen LogP contribution is 2.32. The summed E-state index contributed by atoms with van der Waals surface area (Å²) in [5.74, 6) is -1.44. The number of carbonyl (C=O) groups is 1. The molecule has 1 fully saturated rings. The summed E-state index contributed by atoms with van der Waals surface area (Å²) in [4.78, 5) is 19.7. The SMILES string of the molecule is Nc1n[nH]c(-c2cccc(-n3nc(C(F)(F)F)cc3C(=O)Nc3ccc(-c4ccccc4CN4CCCC4)cc3F)c2)n1. The predicted molar refractivity (Wildman–Crippen MR) is 153 cm³/mol. The number of nitrogen functional groups attached to an aromatic ring is 1. The number of benzene rings is 3. The average molecular weight is 591 g/mol. The van der Waals surface area contributed by atoms with Crippen LogP contribution in [0.4, 0.5) is 29.2 Å². The number of carbonyl (C=O) groups excluding carboxylic acids is 1. The van der Waals surface area contributed by atoms with Crippen LogP contribution in [0.2, 0.25) is 0 Å². The number of likely N-dealkylation sites (tertiary alicyclic amines) is 1. The van der Waals surface area contributed by atoms with Crippen molar-refractivity contribution in [3.05, 3.63) is 95.6 Å². The van der Waals surface area contributed by atoms with Gasteiger partial charge in [0.2, 0.25) is 5.95 Å². The molecule has 3 aromatic carbocycles. The van der Waals surface area contributed by atoms with Crippen LogP contribution in [-0.4, -0.2) is 48.9 Å². The molecular formula is C30H26F4N8O. The van der Waals surface area contributed by atoms with Gasteiger partial charge < -0.3 is 11.1 Å². The monoisotopic (exact) mass is 590 g/mol. The smallest absolute Gasteiger partial charge is 0.366 e. The minimum atomic E-state index is -4.83. The zero-order valence-corrected chi connectivity index (χ0v) is 22.7. The predicted octanol–water partition coefficient (Wildman–Crippen LogP) is 5.91. The summed E-state index contributed by atoms with van der Waals surface area (Å²) in [5.41, 5.74) is 6.79. The molecule has 43 heavy (non-hydrogen) atoms. The highest BCUT2D eigenvalue weighted by molar-refractivity contribution is 6.03. The number of halogens is 4. The minimum absolute atomic E-state index is 0.0120. The molecule has 6 rings (SSSR count). The van der Waals surface area contributed by atoms with Gasteiger partial charge in [0.25, 0.3) is 5.91 Å². The van der Waals surface area contributed by atoms with Crippen LogP contribution in [0.25, 0.3) is 28.2 Å². The molecule has 13 heteroatoms. The van der Waals surface area contributed by atoms with Crippen molar-refractivity contribution in [3.63, 3.8) is 0 Å². The van der Waals surface area contributed by atoms with Crippen LogP contribution in [0.15, 0.2) is 72.8 Å².